The molecular formula is C20H20ClF3N4O2. The van der Waals surface area contributed by atoms with Crippen LogP contribution in [0.25, 0.3) is 0 Å². The molecule has 0 heterocycles. The second-order valence-electron chi connectivity index (χ2n) is 6.35. The SMILES string of the molecule is C=C(C(N)=NC=Nc1cc(C)c(O)c(Cl)c1)N(C)Cc1ccc(OC(F)(F)F)cc1. The third-order valence-corrected chi connectivity index (χ3v) is 4.26. The van der Waals surface area contributed by atoms with Crippen molar-refractivity contribution in [3.05, 3.63) is 64.8 Å². The van der Waals surface area contributed by atoms with E-state index in [1.807, 2.05) is 0 Å². The van der Waals surface area contributed by atoms with E-state index in [4.69, 9.17) is 17.3 Å². The summed E-state index contributed by atoms with van der Waals surface area (Å²) in [4.78, 5) is 9.84. The summed E-state index contributed by atoms with van der Waals surface area (Å²) in [6.07, 6.45) is -3.50. The Bertz CT molecular complexity index is 950. The first-order valence-electron chi connectivity index (χ1n) is 8.56. The number of rotatable bonds is 7. The van der Waals surface area contributed by atoms with Crippen LogP contribution in [0, 0.1) is 6.92 Å². The van der Waals surface area contributed by atoms with Crippen LogP contribution in [0.5, 0.6) is 11.5 Å². The molecule has 0 aliphatic rings. The molecule has 2 aromatic carbocycles. The lowest BCUT2D eigenvalue weighted by Crippen LogP contribution is -2.27. The summed E-state index contributed by atoms with van der Waals surface area (Å²) in [7, 11) is 1.71. The summed E-state index contributed by atoms with van der Waals surface area (Å²) in [5.74, 6) is -0.193. The van der Waals surface area contributed by atoms with Gasteiger partial charge in [-0.3, -0.25) is 0 Å². The topological polar surface area (TPSA) is 83.4 Å². The average Bonchev–Trinajstić information content (AvgIpc) is 2.65. The molecule has 0 aliphatic carbocycles. The number of amidine groups is 1. The number of halogens is 4. The molecule has 2 rings (SSSR count). The Morgan fingerprint density at radius 2 is 1.93 bits per heavy atom. The summed E-state index contributed by atoms with van der Waals surface area (Å²) in [5.41, 5.74) is 8.11. The maximum atomic E-state index is 12.2. The highest BCUT2D eigenvalue weighted by Crippen LogP contribution is 2.31. The zero-order valence-corrected chi connectivity index (χ0v) is 17.0. The van der Waals surface area contributed by atoms with Crippen molar-refractivity contribution in [3.63, 3.8) is 0 Å². The maximum absolute atomic E-state index is 12.2. The molecular weight excluding hydrogens is 421 g/mol. The third-order valence-electron chi connectivity index (χ3n) is 3.98. The van der Waals surface area contributed by atoms with Gasteiger partial charge in [-0.2, -0.15) is 0 Å². The minimum Gasteiger partial charge on any atom is -0.506 e. The minimum absolute atomic E-state index is 0.00774. The van der Waals surface area contributed by atoms with E-state index < -0.39 is 6.36 Å². The second kappa shape index (κ2) is 9.53. The smallest absolute Gasteiger partial charge is 0.506 e. The van der Waals surface area contributed by atoms with Gasteiger partial charge in [-0.15, -0.1) is 13.2 Å². The summed E-state index contributed by atoms with van der Waals surface area (Å²) in [6, 6.07) is 8.60. The number of nitrogens with two attached hydrogens (primary N) is 1. The largest absolute Gasteiger partial charge is 0.573 e. The Labute approximate surface area is 176 Å². The van der Waals surface area contributed by atoms with E-state index in [0.717, 1.165) is 5.56 Å². The first-order chi connectivity index (χ1) is 14.0. The van der Waals surface area contributed by atoms with Crippen molar-refractivity contribution in [2.24, 2.45) is 15.7 Å². The van der Waals surface area contributed by atoms with Crippen molar-refractivity contribution in [1.82, 2.24) is 4.90 Å². The maximum Gasteiger partial charge on any atom is 0.573 e. The lowest BCUT2D eigenvalue weighted by atomic mass is 10.2. The number of nitrogens with zero attached hydrogens (tertiary/aromatic N) is 3. The van der Waals surface area contributed by atoms with Gasteiger partial charge < -0.3 is 20.5 Å². The molecule has 0 bridgehead atoms. The molecule has 0 amide bonds. The fourth-order valence-electron chi connectivity index (χ4n) is 2.39. The van der Waals surface area contributed by atoms with Gasteiger partial charge in [0.15, 0.2) is 0 Å². The predicted octanol–water partition coefficient (Wildman–Crippen LogP) is 4.92. The zero-order chi connectivity index (χ0) is 22.5. The van der Waals surface area contributed by atoms with Crippen LogP contribution in [-0.4, -0.2) is 35.6 Å². The summed E-state index contributed by atoms with van der Waals surface area (Å²) < 4.78 is 40.5. The molecule has 6 nitrogen and oxygen atoms in total. The first-order valence-corrected chi connectivity index (χ1v) is 8.94. The van der Waals surface area contributed by atoms with Crippen LogP contribution in [0.2, 0.25) is 5.02 Å². The van der Waals surface area contributed by atoms with E-state index in [1.54, 1.807) is 24.9 Å². The van der Waals surface area contributed by atoms with E-state index in [0.29, 0.717) is 23.5 Å². The van der Waals surface area contributed by atoms with Gasteiger partial charge in [0.05, 0.1) is 16.4 Å². The number of phenolic OH excluding ortho intramolecular Hbond substituents is 1. The van der Waals surface area contributed by atoms with E-state index in [1.165, 1.54) is 36.7 Å². The Morgan fingerprint density at radius 3 is 2.50 bits per heavy atom. The van der Waals surface area contributed by atoms with Gasteiger partial charge in [-0.1, -0.05) is 30.3 Å². The van der Waals surface area contributed by atoms with Gasteiger partial charge in [-0.25, -0.2) is 9.98 Å². The number of phenols is 1. The molecule has 3 N–H and O–H groups in total. The number of ether oxygens (including phenoxy) is 1. The van der Waals surface area contributed by atoms with Gasteiger partial charge >= 0.3 is 6.36 Å². The number of alkyl halides is 3. The molecule has 10 heteroatoms. The normalized spacial score (nSPS) is 12.3. The molecule has 0 radical (unpaired) electrons. The van der Waals surface area contributed by atoms with Crippen molar-refractivity contribution in [3.8, 4) is 11.5 Å². The number of benzene rings is 2. The Balaban J connectivity index is 1.99. The molecule has 30 heavy (non-hydrogen) atoms. The molecule has 160 valence electrons. The summed E-state index contributed by atoms with van der Waals surface area (Å²) in [5, 5.41) is 9.83. The number of hydrogen-bond acceptors (Lipinski definition) is 4. The van der Waals surface area contributed by atoms with Crippen molar-refractivity contribution >= 4 is 29.5 Å². The van der Waals surface area contributed by atoms with Gasteiger partial charge in [0.1, 0.15) is 23.7 Å². The molecule has 0 atom stereocenters. The lowest BCUT2D eigenvalue weighted by Gasteiger charge is -2.21. The van der Waals surface area contributed by atoms with Crippen LogP contribution in [0.1, 0.15) is 11.1 Å². The monoisotopic (exact) mass is 440 g/mol. The number of hydrogen-bond donors (Lipinski definition) is 2. The Kier molecular flexibility index (Phi) is 7.33. The van der Waals surface area contributed by atoms with Gasteiger partial charge in [0.2, 0.25) is 0 Å². The first kappa shape index (κ1) is 23.1. The number of aliphatic imine (C=N–C) groups is 2. The average molecular weight is 441 g/mol. The zero-order valence-electron chi connectivity index (χ0n) is 16.2. The quantitative estimate of drug-likeness (QED) is 0.473. The third kappa shape index (κ3) is 6.70. The Morgan fingerprint density at radius 1 is 1.30 bits per heavy atom. The Hall–Kier alpha value is -3.20. The van der Waals surface area contributed by atoms with E-state index >= 15 is 0 Å². The lowest BCUT2D eigenvalue weighted by molar-refractivity contribution is -0.274. The van der Waals surface area contributed by atoms with E-state index in [-0.39, 0.29) is 22.4 Å². The van der Waals surface area contributed by atoms with Crippen LogP contribution in [0.4, 0.5) is 18.9 Å². The van der Waals surface area contributed by atoms with Crippen molar-refractivity contribution in [1.29, 1.82) is 0 Å². The van der Waals surface area contributed by atoms with Crippen molar-refractivity contribution < 1.29 is 23.0 Å². The van der Waals surface area contributed by atoms with E-state index in [9.17, 15) is 18.3 Å². The van der Waals surface area contributed by atoms with Gasteiger partial charge in [0.25, 0.3) is 0 Å². The highest BCUT2D eigenvalue weighted by molar-refractivity contribution is 6.32. The summed E-state index contributed by atoms with van der Waals surface area (Å²) >= 11 is 5.90. The van der Waals surface area contributed by atoms with Gasteiger partial charge in [0, 0.05) is 13.6 Å². The molecule has 0 aromatic heterocycles. The number of likely N-dealkylation sites (N-methyl/N-ethyl adjacent to an activating group) is 1. The van der Waals surface area contributed by atoms with Crippen LogP contribution >= 0.6 is 11.6 Å². The van der Waals surface area contributed by atoms with Crippen LogP contribution in [0.15, 0.2) is 58.7 Å². The molecule has 0 fully saturated rings. The molecule has 0 spiro atoms. The fourth-order valence-corrected chi connectivity index (χ4v) is 2.65. The highest BCUT2D eigenvalue weighted by atomic mass is 35.5. The number of aryl methyl sites for hydroxylation is 1. The van der Waals surface area contributed by atoms with Crippen molar-refractivity contribution in [2.45, 2.75) is 19.8 Å². The second-order valence-corrected chi connectivity index (χ2v) is 6.75. The van der Waals surface area contributed by atoms with Crippen molar-refractivity contribution in [2.75, 3.05) is 7.05 Å². The van der Waals surface area contributed by atoms with Crippen LogP contribution in [0.3, 0.4) is 0 Å². The predicted molar refractivity (Wildman–Crippen MR) is 111 cm³/mol. The van der Waals surface area contributed by atoms with E-state index in [2.05, 4.69) is 21.3 Å². The minimum atomic E-state index is -4.73. The molecule has 2 aromatic rings. The van der Waals surface area contributed by atoms with Crippen LogP contribution in [-0.2, 0) is 6.54 Å². The molecule has 0 aliphatic heterocycles. The van der Waals surface area contributed by atoms with Gasteiger partial charge in [-0.05, 0) is 42.3 Å². The molecule has 0 saturated heterocycles. The molecule has 0 saturated carbocycles. The molecule has 0 unspecified atom stereocenters. The summed E-state index contributed by atoms with van der Waals surface area (Å²) in [6.45, 7) is 5.89. The fraction of sp³-hybridized carbons (Fsp3) is 0.200. The standard InChI is InChI=1S/C20H20ClF3N4O2/c1-12-8-15(9-17(21)18(12)29)26-11-27-19(25)13(2)28(3)10-14-4-6-16(7-5-14)30-20(22,23)24/h4-9,11,29H,2,10H2,1,3H3,(H2,25,26,27). The van der Waals surface area contributed by atoms with Crippen LogP contribution < -0.4 is 10.5 Å². The highest BCUT2D eigenvalue weighted by Gasteiger charge is 2.30. The number of aromatic hydroxyl groups is 1.